The van der Waals surface area contributed by atoms with Crippen molar-refractivity contribution in [2.45, 2.75) is 34.2 Å². The van der Waals surface area contributed by atoms with Crippen molar-refractivity contribution < 1.29 is 14.1 Å². The van der Waals surface area contributed by atoms with E-state index in [1.54, 1.807) is 13.8 Å². The van der Waals surface area contributed by atoms with Crippen molar-refractivity contribution in [1.82, 2.24) is 14.7 Å². The van der Waals surface area contributed by atoms with Crippen molar-refractivity contribution in [2.24, 2.45) is 0 Å². The molecule has 3 rings (SSSR count). The summed E-state index contributed by atoms with van der Waals surface area (Å²) >= 11 is 0. The summed E-state index contributed by atoms with van der Waals surface area (Å²) < 4.78 is 5.98. The van der Waals surface area contributed by atoms with Gasteiger partial charge in [-0.3, -0.25) is 14.1 Å². The van der Waals surface area contributed by atoms with Gasteiger partial charge in [0.25, 0.3) is 0 Å². The summed E-state index contributed by atoms with van der Waals surface area (Å²) in [6.07, 6.45) is 0. The summed E-state index contributed by atoms with van der Waals surface area (Å²) in [7, 11) is 0. The molecule has 7 heteroatoms. The van der Waals surface area contributed by atoms with Gasteiger partial charge in [0.1, 0.15) is 0 Å². The highest BCUT2D eigenvalue weighted by atomic mass is 16.5. The molecule has 7 nitrogen and oxygen atoms in total. The molecule has 2 heterocycles. The second-order valence-corrected chi connectivity index (χ2v) is 6.28. The van der Waals surface area contributed by atoms with Crippen LogP contribution in [0.4, 0.5) is 0 Å². The number of ketones is 2. The molecule has 0 amide bonds. The third-order valence-electron chi connectivity index (χ3n) is 4.44. The van der Waals surface area contributed by atoms with Crippen molar-refractivity contribution in [3.63, 3.8) is 0 Å². The van der Waals surface area contributed by atoms with E-state index in [1.165, 1.54) is 11.5 Å². The minimum absolute atomic E-state index is 0.113. The van der Waals surface area contributed by atoms with Crippen LogP contribution in [0.1, 0.15) is 44.6 Å². The van der Waals surface area contributed by atoms with Crippen LogP contribution < -0.4 is 5.76 Å². The summed E-state index contributed by atoms with van der Waals surface area (Å²) in [5.41, 5.74) is 3.67. The van der Waals surface area contributed by atoms with Gasteiger partial charge in [-0.1, -0.05) is 29.4 Å². The van der Waals surface area contributed by atoms with E-state index in [9.17, 15) is 14.4 Å². The predicted molar refractivity (Wildman–Crippen MR) is 95.5 cm³/mol. The molecule has 0 aliphatic rings. The standard InChI is InChI=1S/C19H19N3O4/c1-10-7-5-6-8-14(10)18-21-26-19(25)22(18)9-15(24)17-11(2)16(13(4)23)12(3)20-17/h5-8,20H,9H2,1-4H3. The molecule has 3 aromatic rings. The summed E-state index contributed by atoms with van der Waals surface area (Å²) in [5, 5.41) is 3.83. The van der Waals surface area contributed by atoms with Gasteiger partial charge in [-0.2, -0.15) is 0 Å². The maximum atomic E-state index is 12.8. The van der Waals surface area contributed by atoms with E-state index >= 15 is 0 Å². The van der Waals surface area contributed by atoms with Gasteiger partial charge in [-0.05, 0) is 38.8 Å². The van der Waals surface area contributed by atoms with E-state index in [0.29, 0.717) is 28.3 Å². The predicted octanol–water partition coefficient (Wildman–Crippen LogP) is 2.84. The minimum atomic E-state index is -0.704. The number of aromatic amines is 1. The smallest absolute Gasteiger partial charge is 0.355 e. The molecule has 0 unspecified atom stereocenters. The molecule has 0 radical (unpaired) electrons. The van der Waals surface area contributed by atoms with E-state index in [-0.39, 0.29) is 18.1 Å². The zero-order chi connectivity index (χ0) is 19.0. The van der Waals surface area contributed by atoms with E-state index < -0.39 is 5.76 Å². The number of carbonyl (C=O) groups excluding carboxylic acids is 2. The first kappa shape index (κ1) is 17.6. The SMILES string of the molecule is CC(=O)c1c(C)[nH]c(C(=O)Cn2c(-c3ccccc3C)noc2=O)c1C. The van der Waals surface area contributed by atoms with Gasteiger partial charge in [-0.25, -0.2) is 9.36 Å². The summed E-state index contributed by atoms with van der Waals surface area (Å²) in [5.74, 6) is -0.838. The Morgan fingerprint density at radius 1 is 1.19 bits per heavy atom. The quantitative estimate of drug-likeness (QED) is 0.711. The van der Waals surface area contributed by atoms with Crippen LogP contribution in [0.5, 0.6) is 0 Å². The maximum Gasteiger partial charge on any atom is 0.442 e. The minimum Gasteiger partial charge on any atom is -0.355 e. The van der Waals surface area contributed by atoms with Gasteiger partial charge in [0.05, 0.1) is 12.2 Å². The van der Waals surface area contributed by atoms with Crippen molar-refractivity contribution in [1.29, 1.82) is 0 Å². The fraction of sp³-hybridized carbons (Fsp3) is 0.263. The van der Waals surface area contributed by atoms with E-state index in [1.807, 2.05) is 31.2 Å². The first-order chi connectivity index (χ1) is 12.3. The number of aromatic nitrogens is 3. The zero-order valence-corrected chi connectivity index (χ0v) is 15.0. The number of nitrogens with one attached hydrogen (secondary N) is 1. The lowest BCUT2D eigenvalue weighted by Gasteiger charge is -2.06. The summed E-state index contributed by atoms with van der Waals surface area (Å²) in [4.78, 5) is 39.6. The normalized spacial score (nSPS) is 10.9. The lowest BCUT2D eigenvalue weighted by molar-refractivity contribution is 0.0964. The number of benzene rings is 1. The molecular weight excluding hydrogens is 334 g/mol. The number of H-pyrrole nitrogens is 1. The number of rotatable bonds is 5. The summed E-state index contributed by atoms with van der Waals surface area (Å²) in [6.45, 7) is 6.57. The van der Waals surface area contributed by atoms with Crippen LogP contribution >= 0.6 is 0 Å². The molecule has 0 spiro atoms. The molecule has 0 fully saturated rings. The largest absolute Gasteiger partial charge is 0.442 e. The third kappa shape index (κ3) is 2.92. The summed E-state index contributed by atoms with van der Waals surface area (Å²) in [6, 6.07) is 7.40. The maximum absolute atomic E-state index is 12.8. The Kier molecular flexibility index (Phi) is 4.46. The molecule has 0 bridgehead atoms. The van der Waals surface area contributed by atoms with Crippen LogP contribution in [0.3, 0.4) is 0 Å². The number of hydrogen-bond acceptors (Lipinski definition) is 5. The second kappa shape index (κ2) is 6.59. The molecule has 26 heavy (non-hydrogen) atoms. The lowest BCUT2D eigenvalue weighted by atomic mass is 10.1. The van der Waals surface area contributed by atoms with Gasteiger partial charge in [0, 0.05) is 16.8 Å². The molecule has 0 aliphatic carbocycles. The van der Waals surface area contributed by atoms with Crippen molar-refractivity contribution in [2.75, 3.05) is 0 Å². The van der Waals surface area contributed by atoms with E-state index in [2.05, 4.69) is 10.1 Å². The highest BCUT2D eigenvalue weighted by Gasteiger charge is 2.23. The molecule has 0 aliphatic heterocycles. The van der Waals surface area contributed by atoms with Gasteiger partial charge in [0.2, 0.25) is 0 Å². The second-order valence-electron chi connectivity index (χ2n) is 6.28. The molecule has 1 aromatic carbocycles. The zero-order valence-electron chi connectivity index (χ0n) is 15.0. The van der Waals surface area contributed by atoms with Crippen molar-refractivity contribution in [3.05, 3.63) is 62.9 Å². The Morgan fingerprint density at radius 3 is 2.50 bits per heavy atom. The Balaban J connectivity index is 2.01. The first-order valence-electron chi connectivity index (χ1n) is 8.17. The molecule has 1 N–H and O–H groups in total. The fourth-order valence-electron chi connectivity index (χ4n) is 3.20. The Hall–Kier alpha value is -3.22. The number of aryl methyl sites for hydroxylation is 2. The molecule has 134 valence electrons. The highest BCUT2D eigenvalue weighted by molar-refractivity contribution is 6.03. The van der Waals surface area contributed by atoms with E-state index in [0.717, 1.165) is 11.1 Å². The van der Waals surface area contributed by atoms with Crippen LogP contribution in [0.2, 0.25) is 0 Å². The number of Topliss-reactive ketones (excluding diaryl/α,β-unsaturated/α-hetero) is 2. The number of nitrogens with zero attached hydrogens (tertiary/aromatic N) is 2. The lowest BCUT2D eigenvalue weighted by Crippen LogP contribution is -2.22. The Bertz CT molecular complexity index is 1070. The number of carbonyl (C=O) groups is 2. The Morgan fingerprint density at radius 2 is 1.88 bits per heavy atom. The monoisotopic (exact) mass is 353 g/mol. The van der Waals surface area contributed by atoms with Crippen LogP contribution in [0.25, 0.3) is 11.4 Å². The van der Waals surface area contributed by atoms with Crippen molar-refractivity contribution >= 4 is 11.6 Å². The van der Waals surface area contributed by atoms with Gasteiger partial charge in [0.15, 0.2) is 17.4 Å². The number of hydrogen-bond donors (Lipinski definition) is 1. The van der Waals surface area contributed by atoms with Crippen molar-refractivity contribution in [3.8, 4) is 11.4 Å². The van der Waals surface area contributed by atoms with E-state index in [4.69, 9.17) is 4.52 Å². The fourth-order valence-corrected chi connectivity index (χ4v) is 3.20. The van der Waals surface area contributed by atoms with Crippen LogP contribution in [-0.4, -0.2) is 26.3 Å². The molecule has 0 saturated heterocycles. The highest BCUT2D eigenvalue weighted by Crippen LogP contribution is 2.22. The molecular formula is C19H19N3O4. The topological polar surface area (TPSA) is 98.0 Å². The molecule has 0 atom stereocenters. The van der Waals surface area contributed by atoms with Gasteiger partial charge < -0.3 is 4.98 Å². The molecule has 0 saturated carbocycles. The van der Waals surface area contributed by atoms with Gasteiger partial charge in [-0.15, -0.1) is 0 Å². The third-order valence-corrected chi connectivity index (χ3v) is 4.44. The Labute approximate surface area is 149 Å². The van der Waals surface area contributed by atoms with Crippen LogP contribution in [0.15, 0.2) is 33.6 Å². The van der Waals surface area contributed by atoms with Crippen LogP contribution in [0, 0.1) is 20.8 Å². The average molecular weight is 353 g/mol. The average Bonchev–Trinajstić information content (AvgIpc) is 3.08. The van der Waals surface area contributed by atoms with Crippen LogP contribution in [-0.2, 0) is 6.54 Å². The molecule has 2 aromatic heterocycles. The van der Waals surface area contributed by atoms with Gasteiger partial charge >= 0.3 is 5.76 Å². The first-order valence-corrected chi connectivity index (χ1v) is 8.17.